The second-order valence-corrected chi connectivity index (χ2v) is 9.90. The molecule has 0 aliphatic carbocycles. The molecule has 2 aromatic carbocycles. The maximum atomic E-state index is 12.5. The molecule has 8 nitrogen and oxygen atoms in total. The molecule has 1 heterocycles. The molecule has 0 spiro atoms. The molecule has 0 aliphatic heterocycles. The third-order valence-corrected chi connectivity index (χ3v) is 6.44. The number of nitrogens with zero attached hydrogens (tertiary/aromatic N) is 2. The monoisotopic (exact) mass is 489 g/mol. The summed E-state index contributed by atoms with van der Waals surface area (Å²) in [6.45, 7) is 7.31. The van der Waals surface area contributed by atoms with Crippen molar-refractivity contribution in [3.63, 3.8) is 0 Å². The number of carbonyl (C=O) groups excluding carboxylic acids is 2. The Balaban J connectivity index is 1.75. The molecule has 0 radical (unpaired) electrons. The zero-order valence-electron chi connectivity index (χ0n) is 18.6. The summed E-state index contributed by atoms with van der Waals surface area (Å²) in [5, 5.41) is 0.356. The van der Waals surface area contributed by atoms with E-state index in [9.17, 15) is 18.0 Å². The van der Waals surface area contributed by atoms with Crippen LogP contribution < -0.4 is 4.72 Å². The largest absolute Gasteiger partial charge is 0.459 e. The molecule has 0 unspecified atom stereocenters. The van der Waals surface area contributed by atoms with Crippen LogP contribution in [0.2, 0.25) is 5.02 Å². The number of amides is 1. The number of hydrogen-bond donors (Lipinski definition) is 1. The van der Waals surface area contributed by atoms with Crippen molar-refractivity contribution in [2.45, 2.75) is 45.2 Å². The summed E-state index contributed by atoms with van der Waals surface area (Å²) in [7, 11) is -4.03. The summed E-state index contributed by atoms with van der Waals surface area (Å²) in [6.07, 6.45) is 1.20. The van der Waals surface area contributed by atoms with Crippen LogP contribution >= 0.6 is 11.6 Å². The smallest absolute Gasteiger partial charge is 0.338 e. The predicted molar refractivity (Wildman–Crippen MR) is 124 cm³/mol. The molecule has 0 aliphatic rings. The van der Waals surface area contributed by atoms with Crippen LogP contribution in [-0.2, 0) is 21.3 Å². The Morgan fingerprint density at radius 2 is 1.79 bits per heavy atom. The van der Waals surface area contributed by atoms with Crippen LogP contribution in [0.4, 0.5) is 0 Å². The highest BCUT2D eigenvalue weighted by molar-refractivity contribution is 7.90. The summed E-state index contributed by atoms with van der Waals surface area (Å²) in [6, 6.07) is 11.0. The van der Waals surface area contributed by atoms with E-state index in [0.29, 0.717) is 22.0 Å². The highest BCUT2D eigenvalue weighted by Crippen LogP contribution is 2.21. The number of halogens is 1. The van der Waals surface area contributed by atoms with Gasteiger partial charge in [0.05, 0.1) is 23.1 Å². The van der Waals surface area contributed by atoms with Crippen molar-refractivity contribution in [1.29, 1.82) is 0 Å². The fourth-order valence-corrected chi connectivity index (χ4v) is 4.20. The SMILES string of the molecule is Cc1ccc(S(=O)(=O)NC(=O)c2cn(Cc3ccc(C(=O)OC(C)C)cc3Cl)c(C)n2)cc1. The first kappa shape index (κ1) is 24.5. The van der Waals surface area contributed by atoms with Crippen LogP contribution in [0, 0.1) is 13.8 Å². The van der Waals surface area contributed by atoms with Gasteiger partial charge in [0.15, 0.2) is 0 Å². The van der Waals surface area contributed by atoms with Crippen LogP contribution in [0.25, 0.3) is 0 Å². The molecular weight excluding hydrogens is 466 g/mol. The molecular formula is C23H24ClN3O5S. The number of esters is 1. The molecule has 33 heavy (non-hydrogen) atoms. The molecule has 174 valence electrons. The van der Waals surface area contributed by atoms with Crippen molar-refractivity contribution in [3.8, 4) is 0 Å². The van der Waals surface area contributed by atoms with Crippen LogP contribution in [0.5, 0.6) is 0 Å². The van der Waals surface area contributed by atoms with Gasteiger partial charge in [-0.2, -0.15) is 0 Å². The number of ether oxygens (including phenoxy) is 1. The fourth-order valence-electron chi connectivity index (χ4n) is 3.00. The molecule has 3 aromatic rings. The third-order valence-electron chi connectivity index (χ3n) is 4.74. The zero-order chi connectivity index (χ0) is 24.3. The van der Waals surface area contributed by atoms with Gasteiger partial charge >= 0.3 is 5.97 Å². The maximum Gasteiger partial charge on any atom is 0.338 e. The number of sulfonamides is 1. The van der Waals surface area contributed by atoms with E-state index in [2.05, 4.69) is 4.98 Å². The van der Waals surface area contributed by atoms with E-state index in [4.69, 9.17) is 16.3 Å². The molecule has 0 saturated carbocycles. The number of hydrogen-bond acceptors (Lipinski definition) is 6. The molecule has 3 rings (SSSR count). The van der Waals surface area contributed by atoms with Gasteiger partial charge < -0.3 is 9.30 Å². The lowest BCUT2D eigenvalue weighted by Gasteiger charge is -2.11. The van der Waals surface area contributed by atoms with Gasteiger partial charge in [0.1, 0.15) is 11.5 Å². The van der Waals surface area contributed by atoms with Crippen molar-refractivity contribution in [3.05, 3.63) is 81.9 Å². The van der Waals surface area contributed by atoms with Crippen molar-refractivity contribution < 1.29 is 22.7 Å². The Labute approximate surface area is 197 Å². The average molecular weight is 490 g/mol. The fraction of sp³-hybridized carbons (Fsp3) is 0.261. The Morgan fingerprint density at radius 1 is 1.12 bits per heavy atom. The zero-order valence-corrected chi connectivity index (χ0v) is 20.2. The van der Waals surface area contributed by atoms with Crippen LogP contribution in [0.1, 0.15) is 51.6 Å². The quantitative estimate of drug-likeness (QED) is 0.504. The minimum absolute atomic E-state index is 0.0135. The minimum atomic E-state index is -4.03. The van der Waals surface area contributed by atoms with E-state index in [1.54, 1.807) is 49.6 Å². The van der Waals surface area contributed by atoms with Crippen molar-refractivity contribution >= 4 is 33.5 Å². The lowest BCUT2D eigenvalue weighted by Crippen LogP contribution is -2.30. The maximum absolute atomic E-state index is 12.5. The van der Waals surface area contributed by atoms with Crippen molar-refractivity contribution in [2.75, 3.05) is 0 Å². The molecule has 1 aromatic heterocycles. The number of imidazole rings is 1. The van der Waals surface area contributed by atoms with Gasteiger partial charge in [0.2, 0.25) is 0 Å². The van der Waals surface area contributed by atoms with Gasteiger partial charge in [0.25, 0.3) is 15.9 Å². The first-order valence-corrected chi connectivity index (χ1v) is 12.0. The number of benzene rings is 2. The molecule has 10 heteroatoms. The average Bonchev–Trinajstić information content (AvgIpc) is 3.09. The first-order valence-electron chi connectivity index (χ1n) is 10.1. The van der Waals surface area contributed by atoms with E-state index < -0.39 is 21.9 Å². The van der Waals surface area contributed by atoms with Gasteiger partial charge in [-0.3, -0.25) is 4.79 Å². The number of carbonyl (C=O) groups is 2. The lowest BCUT2D eigenvalue weighted by atomic mass is 10.1. The van der Waals surface area contributed by atoms with Gasteiger partial charge in [-0.15, -0.1) is 0 Å². The summed E-state index contributed by atoms with van der Waals surface area (Å²) >= 11 is 6.35. The summed E-state index contributed by atoms with van der Waals surface area (Å²) in [5.41, 5.74) is 1.88. The molecule has 0 saturated heterocycles. The normalized spacial score (nSPS) is 11.5. The number of nitrogens with one attached hydrogen (secondary N) is 1. The minimum Gasteiger partial charge on any atom is -0.459 e. The lowest BCUT2D eigenvalue weighted by molar-refractivity contribution is 0.0377. The Morgan fingerprint density at radius 3 is 2.39 bits per heavy atom. The standard InChI is InChI=1S/C23H24ClN3O5S/c1-14(2)32-23(29)17-7-8-18(20(24)11-17)12-27-13-21(25-16(27)4)22(28)26-33(30,31)19-9-5-15(3)6-10-19/h5-11,13-14H,12H2,1-4H3,(H,26,28). The van der Waals surface area contributed by atoms with Crippen molar-refractivity contribution in [2.24, 2.45) is 0 Å². The third kappa shape index (κ3) is 6.00. The van der Waals surface area contributed by atoms with Crippen LogP contribution in [0.15, 0.2) is 53.6 Å². The second kappa shape index (κ2) is 9.76. The molecule has 0 fully saturated rings. The van der Waals surface area contributed by atoms with Crippen LogP contribution in [0.3, 0.4) is 0 Å². The second-order valence-electron chi connectivity index (χ2n) is 7.81. The van der Waals surface area contributed by atoms with Gasteiger partial charge in [-0.25, -0.2) is 22.9 Å². The Bertz CT molecular complexity index is 1300. The Kier molecular flexibility index (Phi) is 7.24. The van der Waals surface area contributed by atoms with E-state index in [1.165, 1.54) is 24.4 Å². The van der Waals surface area contributed by atoms with Gasteiger partial charge in [0, 0.05) is 11.2 Å². The number of rotatable bonds is 7. The molecule has 0 atom stereocenters. The van der Waals surface area contributed by atoms with Crippen LogP contribution in [-0.4, -0.2) is 35.9 Å². The van der Waals surface area contributed by atoms with E-state index in [-0.39, 0.29) is 23.2 Å². The molecule has 1 amide bonds. The number of aryl methyl sites for hydroxylation is 2. The first-order chi connectivity index (χ1) is 15.5. The van der Waals surface area contributed by atoms with E-state index in [1.807, 2.05) is 11.6 Å². The van der Waals surface area contributed by atoms with E-state index in [0.717, 1.165) is 5.56 Å². The summed E-state index contributed by atoms with van der Waals surface area (Å²) in [5.74, 6) is -0.812. The Hall–Kier alpha value is -3.17. The van der Waals surface area contributed by atoms with Crippen molar-refractivity contribution in [1.82, 2.24) is 14.3 Å². The highest BCUT2D eigenvalue weighted by atomic mass is 35.5. The topological polar surface area (TPSA) is 107 Å². The van der Waals surface area contributed by atoms with Gasteiger partial charge in [-0.1, -0.05) is 35.4 Å². The highest BCUT2D eigenvalue weighted by Gasteiger charge is 2.21. The molecule has 1 N–H and O–H groups in total. The summed E-state index contributed by atoms with van der Waals surface area (Å²) in [4.78, 5) is 28.8. The van der Waals surface area contributed by atoms with Gasteiger partial charge in [-0.05, 0) is 57.5 Å². The molecule has 0 bridgehead atoms. The predicted octanol–water partition coefficient (Wildman–Crippen LogP) is 3.89. The summed E-state index contributed by atoms with van der Waals surface area (Å²) < 4.78 is 33.8. The number of aromatic nitrogens is 2. The van der Waals surface area contributed by atoms with E-state index >= 15 is 0 Å².